The monoisotopic (exact) mass is 392 g/mol. The number of methoxy groups -OCH3 is 1. The molecule has 2 N–H and O–H groups in total. The molecule has 3 heterocycles. The Labute approximate surface area is 169 Å². The lowest BCUT2D eigenvalue weighted by atomic mass is 9.96. The van der Waals surface area contributed by atoms with Crippen molar-refractivity contribution in [3.05, 3.63) is 60.0 Å². The molecule has 0 spiro atoms. The molecule has 0 bridgehead atoms. The number of aromatic nitrogens is 2. The molecule has 2 amide bonds. The number of nitrogens with zero attached hydrogens (tertiary/aromatic N) is 2. The summed E-state index contributed by atoms with van der Waals surface area (Å²) in [7, 11) is 1.62. The molecule has 0 unspecified atom stereocenters. The van der Waals surface area contributed by atoms with Crippen LogP contribution < -0.4 is 10.1 Å². The second kappa shape index (κ2) is 8.34. The first-order valence-corrected chi connectivity index (χ1v) is 9.78. The van der Waals surface area contributed by atoms with Crippen molar-refractivity contribution in [2.75, 3.05) is 26.7 Å². The van der Waals surface area contributed by atoms with Crippen LogP contribution >= 0.6 is 0 Å². The summed E-state index contributed by atoms with van der Waals surface area (Å²) in [5.74, 6) is 1.02. The van der Waals surface area contributed by atoms with Crippen molar-refractivity contribution in [2.45, 2.75) is 12.8 Å². The number of ether oxygens (including phenoxy) is 1. The average Bonchev–Trinajstić information content (AvgIpc) is 3.21. The fourth-order valence-electron chi connectivity index (χ4n) is 3.70. The maximum Gasteiger partial charge on any atom is 0.267 e. The molecule has 0 atom stereocenters. The van der Waals surface area contributed by atoms with E-state index in [1.54, 1.807) is 31.6 Å². The topological polar surface area (TPSA) is 87.3 Å². The van der Waals surface area contributed by atoms with Crippen LogP contribution in [0.25, 0.3) is 10.9 Å². The van der Waals surface area contributed by atoms with E-state index in [1.165, 1.54) is 0 Å². The molecule has 1 aromatic carbocycles. The Balaban J connectivity index is 1.29. The van der Waals surface area contributed by atoms with Gasteiger partial charge in [-0.05, 0) is 49.1 Å². The highest BCUT2D eigenvalue weighted by Crippen LogP contribution is 2.22. The van der Waals surface area contributed by atoms with Crippen molar-refractivity contribution in [3.8, 4) is 5.75 Å². The van der Waals surface area contributed by atoms with Gasteiger partial charge >= 0.3 is 0 Å². The van der Waals surface area contributed by atoms with Crippen LogP contribution in [-0.2, 0) is 0 Å². The standard InChI is InChI=1S/C22H24N4O3/c1-29-18-5-4-16-11-20(25-19(16)12-18)21(27)24-13-15-6-9-26(10-7-15)22(28)17-3-2-8-23-14-17/h2-5,8,11-12,14-15,25H,6-7,9-10,13H2,1H3,(H,24,27). The number of amides is 2. The van der Waals surface area contributed by atoms with Gasteiger partial charge in [0.25, 0.3) is 11.8 Å². The van der Waals surface area contributed by atoms with Gasteiger partial charge in [0.05, 0.1) is 12.7 Å². The quantitative estimate of drug-likeness (QED) is 0.699. The molecule has 150 valence electrons. The van der Waals surface area contributed by atoms with Gasteiger partial charge < -0.3 is 19.9 Å². The van der Waals surface area contributed by atoms with E-state index in [2.05, 4.69) is 15.3 Å². The van der Waals surface area contributed by atoms with Crippen molar-refractivity contribution in [2.24, 2.45) is 5.92 Å². The number of carbonyl (C=O) groups excluding carboxylic acids is 2. The summed E-state index contributed by atoms with van der Waals surface area (Å²) in [6, 6.07) is 11.1. The van der Waals surface area contributed by atoms with Gasteiger partial charge in [-0.2, -0.15) is 0 Å². The van der Waals surface area contributed by atoms with E-state index in [0.29, 0.717) is 36.8 Å². The molecule has 2 aromatic heterocycles. The molecule has 4 rings (SSSR count). The van der Waals surface area contributed by atoms with Crippen molar-refractivity contribution in [1.82, 2.24) is 20.2 Å². The third kappa shape index (κ3) is 4.23. The molecule has 1 aliphatic rings. The van der Waals surface area contributed by atoms with Crippen molar-refractivity contribution in [1.29, 1.82) is 0 Å². The number of nitrogens with one attached hydrogen (secondary N) is 2. The van der Waals surface area contributed by atoms with Crippen molar-refractivity contribution < 1.29 is 14.3 Å². The zero-order valence-corrected chi connectivity index (χ0v) is 16.4. The highest BCUT2D eigenvalue weighted by Gasteiger charge is 2.24. The first kappa shape index (κ1) is 19.0. The van der Waals surface area contributed by atoms with Crippen LogP contribution in [0.3, 0.4) is 0 Å². The van der Waals surface area contributed by atoms with Gasteiger partial charge in [0.2, 0.25) is 0 Å². The first-order chi connectivity index (χ1) is 14.1. The smallest absolute Gasteiger partial charge is 0.267 e. The molecule has 0 radical (unpaired) electrons. The average molecular weight is 392 g/mol. The minimum absolute atomic E-state index is 0.0223. The second-order valence-corrected chi connectivity index (χ2v) is 7.32. The zero-order valence-electron chi connectivity index (χ0n) is 16.4. The Morgan fingerprint density at radius 1 is 1.24 bits per heavy atom. The summed E-state index contributed by atoms with van der Waals surface area (Å²) in [5.41, 5.74) is 2.03. The molecule has 3 aromatic rings. The normalized spacial score (nSPS) is 14.7. The van der Waals surface area contributed by atoms with Crippen molar-refractivity contribution >= 4 is 22.7 Å². The van der Waals surface area contributed by atoms with E-state index in [-0.39, 0.29) is 11.8 Å². The first-order valence-electron chi connectivity index (χ1n) is 9.78. The van der Waals surface area contributed by atoms with Crippen LogP contribution in [0, 0.1) is 5.92 Å². The van der Waals surface area contributed by atoms with Crippen LogP contribution in [0.2, 0.25) is 0 Å². The van der Waals surface area contributed by atoms with E-state index in [4.69, 9.17) is 4.74 Å². The molecular formula is C22H24N4O3. The number of fused-ring (bicyclic) bond motifs is 1. The van der Waals surface area contributed by atoms with E-state index in [9.17, 15) is 9.59 Å². The van der Waals surface area contributed by atoms with Crippen LogP contribution in [-0.4, -0.2) is 53.4 Å². The molecule has 1 aliphatic heterocycles. The van der Waals surface area contributed by atoms with Gasteiger partial charge in [-0.15, -0.1) is 0 Å². The Morgan fingerprint density at radius 2 is 2.07 bits per heavy atom. The number of aromatic amines is 1. The number of H-pyrrole nitrogens is 1. The molecule has 0 aliphatic carbocycles. The number of pyridine rings is 1. The highest BCUT2D eigenvalue weighted by molar-refractivity contribution is 5.98. The number of hydrogen-bond donors (Lipinski definition) is 2. The lowest BCUT2D eigenvalue weighted by Crippen LogP contribution is -2.41. The number of piperidine rings is 1. The predicted octanol–water partition coefficient (Wildman–Crippen LogP) is 2.85. The Bertz CT molecular complexity index is 1010. The van der Waals surface area contributed by atoms with Gasteiger partial charge in [0, 0.05) is 49.0 Å². The molecule has 1 saturated heterocycles. The van der Waals surface area contributed by atoms with Crippen LogP contribution in [0.4, 0.5) is 0 Å². The van der Waals surface area contributed by atoms with Crippen LogP contribution in [0.1, 0.15) is 33.7 Å². The molecule has 0 saturated carbocycles. The fourth-order valence-corrected chi connectivity index (χ4v) is 3.70. The molecule has 29 heavy (non-hydrogen) atoms. The minimum atomic E-state index is -0.117. The zero-order chi connectivity index (χ0) is 20.2. The largest absolute Gasteiger partial charge is 0.497 e. The van der Waals surface area contributed by atoms with Gasteiger partial charge in [-0.1, -0.05) is 0 Å². The summed E-state index contributed by atoms with van der Waals surface area (Å²) in [5, 5.41) is 3.99. The number of likely N-dealkylation sites (tertiary alicyclic amines) is 1. The second-order valence-electron chi connectivity index (χ2n) is 7.32. The minimum Gasteiger partial charge on any atom is -0.497 e. The van der Waals surface area contributed by atoms with E-state index >= 15 is 0 Å². The summed E-state index contributed by atoms with van der Waals surface area (Å²) in [6.07, 6.45) is 5.01. The van der Waals surface area contributed by atoms with Crippen molar-refractivity contribution in [3.63, 3.8) is 0 Å². The Kier molecular flexibility index (Phi) is 5.46. The maximum absolute atomic E-state index is 12.5. The van der Waals surface area contributed by atoms with E-state index in [0.717, 1.165) is 29.5 Å². The molecule has 7 heteroatoms. The SMILES string of the molecule is COc1ccc2cc(C(=O)NCC3CCN(C(=O)c4cccnc4)CC3)[nH]c2c1. The van der Waals surface area contributed by atoms with Gasteiger partial charge in [-0.3, -0.25) is 14.6 Å². The molecular weight excluding hydrogens is 368 g/mol. The fraction of sp³-hybridized carbons (Fsp3) is 0.318. The maximum atomic E-state index is 12.5. The number of hydrogen-bond acceptors (Lipinski definition) is 4. The molecule has 1 fully saturated rings. The summed E-state index contributed by atoms with van der Waals surface area (Å²) >= 11 is 0. The summed E-state index contributed by atoms with van der Waals surface area (Å²) in [6.45, 7) is 1.99. The molecule has 7 nitrogen and oxygen atoms in total. The Hall–Kier alpha value is -3.35. The summed E-state index contributed by atoms with van der Waals surface area (Å²) < 4.78 is 5.22. The van der Waals surface area contributed by atoms with E-state index in [1.807, 2.05) is 29.2 Å². The van der Waals surface area contributed by atoms with Gasteiger partial charge in [-0.25, -0.2) is 0 Å². The van der Waals surface area contributed by atoms with Crippen LogP contribution in [0.15, 0.2) is 48.8 Å². The number of carbonyl (C=O) groups is 2. The third-order valence-corrected chi connectivity index (χ3v) is 5.44. The van der Waals surface area contributed by atoms with Crippen LogP contribution in [0.5, 0.6) is 5.75 Å². The summed E-state index contributed by atoms with van der Waals surface area (Å²) in [4.78, 5) is 34.0. The highest BCUT2D eigenvalue weighted by atomic mass is 16.5. The third-order valence-electron chi connectivity index (χ3n) is 5.44. The number of benzene rings is 1. The lowest BCUT2D eigenvalue weighted by molar-refractivity contribution is 0.0683. The Morgan fingerprint density at radius 3 is 2.79 bits per heavy atom. The predicted molar refractivity (Wildman–Crippen MR) is 110 cm³/mol. The van der Waals surface area contributed by atoms with E-state index < -0.39 is 0 Å². The van der Waals surface area contributed by atoms with Gasteiger partial charge in [0.1, 0.15) is 11.4 Å². The number of rotatable bonds is 5. The lowest BCUT2D eigenvalue weighted by Gasteiger charge is -2.32. The van der Waals surface area contributed by atoms with Gasteiger partial charge in [0.15, 0.2) is 0 Å².